The van der Waals surface area contributed by atoms with Crippen molar-refractivity contribution < 1.29 is 19.1 Å². The molecular weight excluding hydrogens is 416 g/mol. The van der Waals surface area contributed by atoms with Crippen molar-refractivity contribution in [2.75, 3.05) is 6.61 Å². The summed E-state index contributed by atoms with van der Waals surface area (Å²) < 4.78 is 10.9. The van der Waals surface area contributed by atoms with Crippen molar-refractivity contribution in [3.05, 3.63) is 94.0 Å². The van der Waals surface area contributed by atoms with E-state index in [1.807, 2.05) is 32.0 Å². The number of benzene rings is 3. The SMILES string of the molecule is Cc1cccc(C)c1OCC(=O)N/N=C/c1ccc(OC(=O)c2ccccc2Cl)cc1. The summed E-state index contributed by atoms with van der Waals surface area (Å²) in [4.78, 5) is 24.1. The van der Waals surface area contributed by atoms with Crippen molar-refractivity contribution in [3.63, 3.8) is 0 Å². The lowest BCUT2D eigenvalue weighted by Gasteiger charge is -2.10. The highest BCUT2D eigenvalue weighted by Gasteiger charge is 2.12. The summed E-state index contributed by atoms with van der Waals surface area (Å²) in [6, 6.07) is 19.1. The summed E-state index contributed by atoms with van der Waals surface area (Å²) in [6.07, 6.45) is 1.48. The number of aryl methyl sites for hydroxylation is 2. The van der Waals surface area contributed by atoms with Crippen LogP contribution in [0.5, 0.6) is 11.5 Å². The van der Waals surface area contributed by atoms with Crippen LogP contribution in [0.1, 0.15) is 27.0 Å². The molecule has 158 valence electrons. The number of ether oxygens (including phenoxy) is 2. The Labute approximate surface area is 185 Å². The van der Waals surface area contributed by atoms with Gasteiger partial charge in [0.05, 0.1) is 16.8 Å². The quantitative estimate of drug-likeness (QED) is 0.252. The van der Waals surface area contributed by atoms with Crippen LogP contribution in [0, 0.1) is 13.8 Å². The molecule has 0 aliphatic heterocycles. The maximum absolute atomic E-state index is 12.2. The summed E-state index contributed by atoms with van der Waals surface area (Å²) in [5.74, 6) is 0.157. The van der Waals surface area contributed by atoms with E-state index >= 15 is 0 Å². The van der Waals surface area contributed by atoms with E-state index in [1.165, 1.54) is 6.21 Å². The normalized spacial score (nSPS) is 10.7. The van der Waals surface area contributed by atoms with E-state index in [9.17, 15) is 9.59 Å². The largest absolute Gasteiger partial charge is 0.483 e. The van der Waals surface area contributed by atoms with Crippen LogP contribution in [0.3, 0.4) is 0 Å². The fourth-order valence-electron chi connectivity index (χ4n) is 2.79. The number of halogens is 1. The molecule has 0 radical (unpaired) electrons. The Morgan fingerprint density at radius 2 is 1.65 bits per heavy atom. The molecule has 0 spiro atoms. The third kappa shape index (κ3) is 6.17. The number of para-hydroxylation sites is 1. The molecule has 1 amide bonds. The molecule has 0 saturated heterocycles. The Hall–Kier alpha value is -3.64. The molecule has 6 nitrogen and oxygen atoms in total. The lowest BCUT2D eigenvalue weighted by atomic mass is 10.1. The number of hydrogen-bond acceptors (Lipinski definition) is 5. The second kappa shape index (κ2) is 10.4. The van der Waals surface area contributed by atoms with E-state index in [4.69, 9.17) is 21.1 Å². The van der Waals surface area contributed by atoms with E-state index < -0.39 is 5.97 Å². The number of hydrazone groups is 1. The molecule has 7 heteroatoms. The van der Waals surface area contributed by atoms with Gasteiger partial charge in [0.2, 0.25) is 0 Å². The number of nitrogens with one attached hydrogen (secondary N) is 1. The Morgan fingerprint density at radius 3 is 2.32 bits per heavy atom. The summed E-state index contributed by atoms with van der Waals surface area (Å²) in [6.45, 7) is 3.71. The second-order valence-electron chi connectivity index (χ2n) is 6.74. The maximum Gasteiger partial charge on any atom is 0.345 e. The number of hydrogen-bond donors (Lipinski definition) is 1. The van der Waals surface area contributed by atoms with Crippen LogP contribution in [0.2, 0.25) is 5.02 Å². The van der Waals surface area contributed by atoms with E-state index in [-0.39, 0.29) is 12.5 Å². The minimum atomic E-state index is -0.539. The zero-order valence-corrected chi connectivity index (χ0v) is 17.8. The van der Waals surface area contributed by atoms with Gasteiger partial charge in [0.1, 0.15) is 11.5 Å². The minimum Gasteiger partial charge on any atom is -0.483 e. The molecule has 0 aliphatic carbocycles. The number of carbonyl (C=O) groups is 2. The van der Waals surface area contributed by atoms with E-state index in [1.54, 1.807) is 48.5 Å². The van der Waals surface area contributed by atoms with Crippen LogP contribution in [0.4, 0.5) is 0 Å². The third-order valence-corrected chi connectivity index (χ3v) is 4.67. The molecule has 0 unspecified atom stereocenters. The fraction of sp³-hybridized carbons (Fsp3) is 0.125. The van der Waals surface area contributed by atoms with Gasteiger partial charge in [0.25, 0.3) is 5.91 Å². The monoisotopic (exact) mass is 436 g/mol. The smallest absolute Gasteiger partial charge is 0.345 e. The molecule has 3 aromatic rings. The van der Waals surface area contributed by atoms with Crippen LogP contribution in [0.15, 0.2) is 71.8 Å². The Balaban J connectivity index is 1.49. The topological polar surface area (TPSA) is 77.0 Å². The molecule has 0 aromatic heterocycles. The lowest BCUT2D eigenvalue weighted by molar-refractivity contribution is -0.123. The van der Waals surface area contributed by atoms with Gasteiger partial charge in [0, 0.05) is 0 Å². The highest BCUT2D eigenvalue weighted by molar-refractivity contribution is 6.33. The molecule has 0 heterocycles. The lowest BCUT2D eigenvalue weighted by Crippen LogP contribution is -2.25. The Bertz CT molecular complexity index is 1090. The van der Waals surface area contributed by atoms with Gasteiger partial charge in [-0.05, 0) is 66.9 Å². The standard InChI is InChI=1S/C24H21ClN2O4/c1-16-6-5-7-17(2)23(16)30-15-22(28)27-26-14-18-10-12-19(13-11-18)31-24(29)20-8-3-4-9-21(20)25/h3-14H,15H2,1-2H3,(H,27,28)/b26-14+. The zero-order valence-electron chi connectivity index (χ0n) is 17.1. The van der Waals surface area contributed by atoms with Gasteiger partial charge in [-0.1, -0.05) is 41.9 Å². The fourth-order valence-corrected chi connectivity index (χ4v) is 3.00. The first-order valence-electron chi connectivity index (χ1n) is 9.52. The van der Waals surface area contributed by atoms with E-state index in [2.05, 4.69) is 10.5 Å². The molecule has 0 fully saturated rings. The Morgan fingerprint density at radius 1 is 0.968 bits per heavy atom. The molecule has 3 rings (SSSR count). The first kappa shape index (κ1) is 22.1. The van der Waals surface area contributed by atoms with E-state index in [0.717, 1.165) is 11.1 Å². The summed E-state index contributed by atoms with van der Waals surface area (Å²) in [7, 11) is 0. The van der Waals surface area contributed by atoms with Gasteiger partial charge in [-0.3, -0.25) is 4.79 Å². The van der Waals surface area contributed by atoms with Crippen LogP contribution in [-0.4, -0.2) is 24.7 Å². The highest BCUT2D eigenvalue weighted by Crippen LogP contribution is 2.22. The van der Waals surface area contributed by atoms with Crippen molar-refractivity contribution in [3.8, 4) is 11.5 Å². The Kier molecular flexibility index (Phi) is 7.40. The molecule has 0 atom stereocenters. The van der Waals surface area contributed by atoms with Gasteiger partial charge >= 0.3 is 5.97 Å². The average molecular weight is 437 g/mol. The number of nitrogens with zero attached hydrogens (tertiary/aromatic N) is 1. The first-order chi connectivity index (χ1) is 14.9. The van der Waals surface area contributed by atoms with Crippen molar-refractivity contribution >= 4 is 29.7 Å². The van der Waals surface area contributed by atoms with E-state index in [0.29, 0.717) is 27.6 Å². The summed E-state index contributed by atoms with van der Waals surface area (Å²) in [5.41, 5.74) is 5.36. The molecule has 3 aromatic carbocycles. The molecule has 31 heavy (non-hydrogen) atoms. The van der Waals surface area contributed by atoms with Crippen molar-refractivity contribution in [2.45, 2.75) is 13.8 Å². The van der Waals surface area contributed by atoms with Gasteiger partial charge in [-0.15, -0.1) is 0 Å². The number of rotatable bonds is 7. The number of esters is 1. The zero-order chi connectivity index (χ0) is 22.2. The maximum atomic E-state index is 12.2. The van der Waals surface area contributed by atoms with Gasteiger partial charge in [0.15, 0.2) is 6.61 Å². The predicted molar refractivity (Wildman–Crippen MR) is 120 cm³/mol. The second-order valence-corrected chi connectivity index (χ2v) is 7.15. The van der Waals surface area contributed by atoms with Crippen molar-refractivity contribution in [2.24, 2.45) is 5.10 Å². The van der Waals surface area contributed by atoms with Gasteiger partial charge in [-0.2, -0.15) is 5.10 Å². The van der Waals surface area contributed by atoms with Gasteiger partial charge < -0.3 is 9.47 Å². The van der Waals surface area contributed by atoms with Crippen molar-refractivity contribution in [1.82, 2.24) is 5.43 Å². The van der Waals surface area contributed by atoms with Crippen molar-refractivity contribution in [1.29, 1.82) is 0 Å². The molecule has 0 saturated carbocycles. The summed E-state index contributed by atoms with van der Waals surface area (Å²) in [5, 5.41) is 4.25. The molecule has 0 aliphatic rings. The van der Waals surface area contributed by atoms with Gasteiger partial charge in [-0.25, -0.2) is 10.2 Å². The predicted octanol–water partition coefficient (Wildman–Crippen LogP) is 4.71. The molecule has 0 bridgehead atoms. The summed E-state index contributed by atoms with van der Waals surface area (Å²) >= 11 is 6.00. The minimum absolute atomic E-state index is 0.139. The van der Waals surface area contributed by atoms with Crippen LogP contribution in [-0.2, 0) is 4.79 Å². The third-order valence-electron chi connectivity index (χ3n) is 4.34. The molecular formula is C24H21ClN2O4. The first-order valence-corrected chi connectivity index (χ1v) is 9.89. The number of carbonyl (C=O) groups excluding carboxylic acids is 2. The highest BCUT2D eigenvalue weighted by atomic mass is 35.5. The number of amides is 1. The van der Waals surface area contributed by atoms with Crippen LogP contribution in [0.25, 0.3) is 0 Å². The van der Waals surface area contributed by atoms with Crippen LogP contribution < -0.4 is 14.9 Å². The molecule has 1 N–H and O–H groups in total. The van der Waals surface area contributed by atoms with Crippen LogP contribution >= 0.6 is 11.6 Å². The average Bonchev–Trinajstić information content (AvgIpc) is 2.75.